The van der Waals surface area contributed by atoms with Gasteiger partial charge < -0.3 is 10.1 Å². The smallest absolute Gasteiger partial charge is 0.136 e. The van der Waals surface area contributed by atoms with Gasteiger partial charge in [0.25, 0.3) is 0 Å². The molecular formula is C11H14N2O. The van der Waals surface area contributed by atoms with E-state index in [-0.39, 0.29) is 0 Å². The highest BCUT2D eigenvalue weighted by Crippen LogP contribution is 2.18. The fraction of sp³-hybridized carbons (Fsp3) is 0.364. The molecule has 0 fully saturated rings. The van der Waals surface area contributed by atoms with Gasteiger partial charge >= 0.3 is 0 Å². The van der Waals surface area contributed by atoms with E-state index < -0.39 is 0 Å². The van der Waals surface area contributed by atoms with Crippen LogP contribution >= 0.6 is 0 Å². The fourth-order valence-corrected chi connectivity index (χ4v) is 1.27. The van der Waals surface area contributed by atoms with E-state index in [1.54, 1.807) is 7.11 Å². The van der Waals surface area contributed by atoms with Gasteiger partial charge in [0.2, 0.25) is 0 Å². The topological polar surface area (TPSA) is 45.0 Å². The maximum atomic E-state index is 8.85. The standard InChI is InChI=1S/C11H14N2O/c1-13-6-5-9-3-4-11(14-2)10(7-9)8-12/h3-4,7,13H,5-6H2,1-2H3. The van der Waals surface area contributed by atoms with Gasteiger partial charge in [-0.25, -0.2) is 0 Å². The van der Waals surface area contributed by atoms with E-state index in [4.69, 9.17) is 10.00 Å². The molecule has 1 aromatic carbocycles. The summed E-state index contributed by atoms with van der Waals surface area (Å²) >= 11 is 0. The molecule has 3 nitrogen and oxygen atoms in total. The zero-order chi connectivity index (χ0) is 10.4. The molecule has 14 heavy (non-hydrogen) atoms. The lowest BCUT2D eigenvalue weighted by Gasteiger charge is -2.05. The van der Waals surface area contributed by atoms with Crippen molar-refractivity contribution in [2.24, 2.45) is 0 Å². The number of methoxy groups -OCH3 is 1. The van der Waals surface area contributed by atoms with Crippen LogP contribution < -0.4 is 10.1 Å². The average Bonchev–Trinajstić information content (AvgIpc) is 2.25. The summed E-state index contributed by atoms with van der Waals surface area (Å²) in [5, 5.41) is 11.9. The molecule has 0 heterocycles. The van der Waals surface area contributed by atoms with Gasteiger partial charge in [-0.3, -0.25) is 0 Å². The van der Waals surface area contributed by atoms with Crippen molar-refractivity contribution in [3.05, 3.63) is 29.3 Å². The van der Waals surface area contributed by atoms with Gasteiger partial charge in [-0.2, -0.15) is 5.26 Å². The van der Waals surface area contributed by atoms with Crippen LogP contribution in [0, 0.1) is 11.3 Å². The number of nitrogens with zero attached hydrogens (tertiary/aromatic N) is 1. The minimum absolute atomic E-state index is 0.598. The van der Waals surface area contributed by atoms with Gasteiger partial charge in [-0.05, 0) is 37.7 Å². The molecule has 0 aliphatic carbocycles. The van der Waals surface area contributed by atoms with Crippen LogP contribution in [0.1, 0.15) is 11.1 Å². The highest BCUT2D eigenvalue weighted by Gasteiger charge is 2.02. The van der Waals surface area contributed by atoms with Crippen LogP contribution in [-0.2, 0) is 6.42 Å². The highest BCUT2D eigenvalue weighted by molar-refractivity contribution is 5.45. The molecule has 0 saturated carbocycles. The van der Waals surface area contributed by atoms with E-state index in [1.807, 2.05) is 25.2 Å². The number of benzene rings is 1. The monoisotopic (exact) mass is 190 g/mol. The van der Waals surface area contributed by atoms with Crippen molar-refractivity contribution in [2.75, 3.05) is 20.7 Å². The van der Waals surface area contributed by atoms with Crippen molar-refractivity contribution >= 4 is 0 Å². The summed E-state index contributed by atoms with van der Waals surface area (Å²) in [6.45, 7) is 0.914. The van der Waals surface area contributed by atoms with Crippen molar-refractivity contribution in [2.45, 2.75) is 6.42 Å². The molecule has 0 amide bonds. The quantitative estimate of drug-likeness (QED) is 0.779. The second kappa shape index (κ2) is 5.25. The number of nitriles is 1. The highest BCUT2D eigenvalue weighted by atomic mass is 16.5. The number of ether oxygens (including phenoxy) is 1. The SMILES string of the molecule is CNCCc1ccc(OC)c(C#N)c1. The minimum Gasteiger partial charge on any atom is -0.495 e. The molecular weight excluding hydrogens is 176 g/mol. The van der Waals surface area contributed by atoms with E-state index >= 15 is 0 Å². The van der Waals surface area contributed by atoms with E-state index in [0.29, 0.717) is 11.3 Å². The Morgan fingerprint density at radius 2 is 2.29 bits per heavy atom. The second-order valence-corrected chi connectivity index (χ2v) is 3.00. The third-order valence-electron chi connectivity index (χ3n) is 2.05. The van der Waals surface area contributed by atoms with Crippen LogP contribution in [0.4, 0.5) is 0 Å². The number of nitrogens with one attached hydrogen (secondary N) is 1. The van der Waals surface area contributed by atoms with Crippen molar-refractivity contribution in [3.8, 4) is 11.8 Å². The molecule has 0 bridgehead atoms. The Bertz CT molecular complexity index is 342. The zero-order valence-corrected chi connectivity index (χ0v) is 8.50. The van der Waals surface area contributed by atoms with Crippen LogP contribution in [0.3, 0.4) is 0 Å². The third kappa shape index (κ3) is 2.48. The fourth-order valence-electron chi connectivity index (χ4n) is 1.27. The maximum absolute atomic E-state index is 8.85. The molecule has 0 spiro atoms. The number of likely N-dealkylation sites (N-methyl/N-ethyl adjacent to an activating group) is 1. The van der Waals surface area contributed by atoms with Gasteiger partial charge in [0.1, 0.15) is 11.8 Å². The number of hydrogen-bond acceptors (Lipinski definition) is 3. The number of hydrogen-bond donors (Lipinski definition) is 1. The lowest BCUT2D eigenvalue weighted by molar-refractivity contribution is 0.413. The Morgan fingerprint density at radius 1 is 1.50 bits per heavy atom. The molecule has 0 atom stereocenters. The molecule has 1 N–H and O–H groups in total. The third-order valence-corrected chi connectivity index (χ3v) is 2.05. The van der Waals surface area contributed by atoms with Crippen molar-refractivity contribution < 1.29 is 4.74 Å². The first-order chi connectivity index (χ1) is 6.81. The molecule has 1 aromatic rings. The molecule has 0 aliphatic heterocycles. The molecule has 3 heteroatoms. The molecule has 0 radical (unpaired) electrons. The molecule has 0 aromatic heterocycles. The van der Waals surface area contributed by atoms with Crippen LogP contribution in [0.5, 0.6) is 5.75 Å². The predicted octanol–water partition coefficient (Wildman–Crippen LogP) is 1.33. The Labute approximate surface area is 84.3 Å². The van der Waals surface area contributed by atoms with E-state index in [9.17, 15) is 0 Å². The largest absolute Gasteiger partial charge is 0.495 e. The van der Waals surface area contributed by atoms with Crippen LogP contribution in [-0.4, -0.2) is 20.7 Å². The van der Waals surface area contributed by atoms with Gasteiger partial charge in [0.05, 0.1) is 12.7 Å². The summed E-state index contributed by atoms with van der Waals surface area (Å²) in [5.74, 6) is 0.640. The normalized spacial score (nSPS) is 9.50. The second-order valence-electron chi connectivity index (χ2n) is 3.00. The molecule has 0 unspecified atom stereocenters. The minimum atomic E-state index is 0.598. The van der Waals surface area contributed by atoms with Gasteiger partial charge in [-0.15, -0.1) is 0 Å². The first-order valence-electron chi connectivity index (χ1n) is 4.53. The summed E-state index contributed by atoms with van der Waals surface area (Å²) in [6, 6.07) is 7.81. The molecule has 1 rings (SSSR count). The molecule has 0 saturated heterocycles. The van der Waals surface area contributed by atoms with Crippen molar-refractivity contribution in [1.82, 2.24) is 5.32 Å². The first-order valence-corrected chi connectivity index (χ1v) is 4.53. The van der Waals surface area contributed by atoms with Crippen molar-refractivity contribution in [1.29, 1.82) is 5.26 Å². The lowest BCUT2D eigenvalue weighted by Crippen LogP contribution is -2.10. The number of rotatable bonds is 4. The Hall–Kier alpha value is -1.53. The first kappa shape index (κ1) is 10.6. The van der Waals surface area contributed by atoms with Crippen molar-refractivity contribution in [3.63, 3.8) is 0 Å². The van der Waals surface area contributed by atoms with Crippen LogP contribution in [0.25, 0.3) is 0 Å². The van der Waals surface area contributed by atoms with E-state index in [0.717, 1.165) is 18.5 Å². The molecule has 0 aliphatic rings. The summed E-state index contributed by atoms with van der Waals surface area (Å²) in [4.78, 5) is 0. The maximum Gasteiger partial charge on any atom is 0.136 e. The van der Waals surface area contributed by atoms with Crippen LogP contribution in [0.2, 0.25) is 0 Å². The van der Waals surface area contributed by atoms with Crippen LogP contribution in [0.15, 0.2) is 18.2 Å². The summed E-state index contributed by atoms with van der Waals surface area (Å²) in [6.07, 6.45) is 0.926. The summed E-state index contributed by atoms with van der Waals surface area (Å²) in [7, 11) is 3.48. The predicted molar refractivity (Wildman–Crippen MR) is 55.3 cm³/mol. The van der Waals surface area contributed by atoms with E-state index in [2.05, 4.69) is 11.4 Å². The molecule has 74 valence electrons. The summed E-state index contributed by atoms with van der Waals surface area (Å²) < 4.78 is 5.06. The zero-order valence-electron chi connectivity index (χ0n) is 8.50. The van der Waals surface area contributed by atoms with E-state index in [1.165, 1.54) is 0 Å². The van der Waals surface area contributed by atoms with Gasteiger partial charge in [0.15, 0.2) is 0 Å². The average molecular weight is 190 g/mol. The summed E-state index contributed by atoms with van der Waals surface area (Å²) in [5.41, 5.74) is 1.75. The lowest BCUT2D eigenvalue weighted by atomic mass is 10.1. The van der Waals surface area contributed by atoms with Gasteiger partial charge in [-0.1, -0.05) is 6.07 Å². The van der Waals surface area contributed by atoms with Gasteiger partial charge in [0, 0.05) is 0 Å². The Kier molecular flexibility index (Phi) is 3.96. The Morgan fingerprint density at radius 3 is 2.86 bits per heavy atom. The Balaban J connectivity index is 2.86.